The number of nitrogens with zero attached hydrogens (tertiary/aromatic N) is 2. The summed E-state index contributed by atoms with van der Waals surface area (Å²) in [4.78, 5) is 4.75. The van der Waals surface area contributed by atoms with Gasteiger partial charge in [-0.2, -0.15) is 0 Å². The minimum Gasteiger partial charge on any atom is -0.497 e. The maximum Gasteiger partial charge on any atom is 0.169 e. The Morgan fingerprint density at radius 1 is 1.08 bits per heavy atom. The molecule has 3 rings (SSSR count). The van der Waals surface area contributed by atoms with Crippen LogP contribution < -0.4 is 15.0 Å². The van der Waals surface area contributed by atoms with Crippen LogP contribution in [0.15, 0.2) is 24.3 Å². The monoisotopic (exact) mass is 347 g/mol. The van der Waals surface area contributed by atoms with Crippen LogP contribution in [0.2, 0.25) is 0 Å². The fourth-order valence-electron chi connectivity index (χ4n) is 3.74. The van der Waals surface area contributed by atoms with Crippen LogP contribution in [0.1, 0.15) is 32.6 Å². The molecule has 1 saturated heterocycles. The second kappa shape index (κ2) is 8.06. The van der Waals surface area contributed by atoms with Gasteiger partial charge in [-0.15, -0.1) is 0 Å². The van der Waals surface area contributed by atoms with E-state index in [1.165, 1.54) is 31.4 Å². The van der Waals surface area contributed by atoms with Gasteiger partial charge in [0.25, 0.3) is 0 Å². The van der Waals surface area contributed by atoms with Crippen molar-refractivity contribution in [3.63, 3.8) is 0 Å². The van der Waals surface area contributed by atoms with Crippen LogP contribution in [0.4, 0.5) is 5.69 Å². The van der Waals surface area contributed by atoms with Crippen molar-refractivity contribution in [1.82, 2.24) is 10.2 Å². The Labute approximate surface area is 151 Å². The Morgan fingerprint density at radius 2 is 1.75 bits per heavy atom. The van der Waals surface area contributed by atoms with E-state index in [-0.39, 0.29) is 0 Å². The smallest absolute Gasteiger partial charge is 0.169 e. The van der Waals surface area contributed by atoms with Gasteiger partial charge in [-0.3, -0.25) is 0 Å². The van der Waals surface area contributed by atoms with Gasteiger partial charge in [-0.1, -0.05) is 19.8 Å². The molecule has 1 aliphatic carbocycles. The van der Waals surface area contributed by atoms with Gasteiger partial charge >= 0.3 is 0 Å². The second-order valence-electron chi connectivity index (χ2n) is 6.99. The molecule has 1 saturated carbocycles. The minimum absolute atomic E-state index is 0.561. The van der Waals surface area contributed by atoms with Crippen molar-refractivity contribution >= 4 is 23.0 Å². The predicted molar refractivity (Wildman–Crippen MR) is 104 cm³/mol. The molecule has 0 amide bonds. The SMILES string of the molecule is COc1ccc(N2CCN(C(=S)N[C@@H]3CCCC[C@H]3C)CC2)cc1. The van der Waals surface area contributed by atoms with E-state index < -0.39 is 0 Å². The van der Waals surface area contributed by atoms with E-state index in [9.17, 15) is 0 Å². The lowest BCUT2D eigenvalue weighted by Gasteiger charge is -2.39. The Hall–Kier alpha value is -1.49. The van der Waals surface area contributed by atoms with Gasteiger partial charge in [0.05, 0.1) is 7.11 Å². The Bertz CT molecular complexity index is 540. The zero-order valence-corrected chi connectivity index (χ0v) is 15.6. The zero-order chi connectivity index (χ0) is 16.9. The molecule has 2 atom stereocenters. The highest BCUT2D eigenvalue weighted by molar-refractivity contribution is 7.80. The molecule has 1 heterocycles. The number of rotatable bonds is 3. The fourth-order valence-corrected chi connectivity index (χ4v) is 4.08. The van der Waals surface area contributed by atoms with Crippen molar-refractivity contribution in [2.24, 2.45) is 5.92 Å². The van der Waals surface area contributed by atoms with E-state index in [4.69, 9.17) is 17.0 Å². The highest BCUT2D eigenvalue weighted by atomic mass is 32.1. The van der Waals surface area contributed by atoms with Gasteiger partial charge < -0.3 is 19.9 Å². The van der Waals surface area contributed by atoms with E-state index in [0.717, 1.165) is 43.0 Å². The summed E-state index contributed by atoms with van der Waals surface area (Å²) in [7, 11) is 1.70. The molecule has 1 aromatic rings. The second-order valence-corrected chi connectivity index (χ2v) is 7.38. The standard InChI is InChI=1S/C19H29N3OS/c1-15-5-3-4-6-18(15)20-19(24)22-13-11-21(12-14-22)16-7-9-17(23-2)10-8-16/h7-10,15,18H,3-6,11-14H2,1-2H3,(H,20,24)/t15-,18-/m1/s1. The van der Waals surface area contributed by atoms with Crippen molar-refractivity contribution in [3.8, 4) is 5.75 Å². The predicted octanol–water partition coefficient (Wildman–Crippen LogP) is 3.27. The molecule has 24 heavy (non-hydrogen) atoms. The number of hydrogen-bond acceptors (Lipinski definition) is 3. The van der Waals surface area contributed by atoms with Crippen molar-refractivity contribution in [1.29, 1.82) is 0 Å². The van der Waals surface area contributed by atoms with Crippen LogP contribution >= 0.6 is 12.2 Å². The molecule has 4 nitrogen and oxygen atoms in total. The van der Waals surface area contributed by atoms with Crippen molar-refractivity contribution in [3.05, 3.63) is 24.3 Å². The van der Waals surface area contributed by atoms with Gasteiger partial charge in [-0.25, -0.2) is 0 Å². The van der Waals surface area contributed by atoms with E-state index in [2.05, 4.69) is 34.2 Å². The van der Waals surface area contributed by atoms with Gasteiger partial charge in [0.1, 0.15) is 5.75 Å². The van der Waals surface area contributed by atoms with Crippen LogP contribution in [0.3, 0.4) is 0 Å². The first kappa shape index (κ1) is 17.3. The van der Waals surface area contributed by atoms with Gasteiger partial charge in [-0.05, 0) is 55.2 Å². The third-order valence-electron chi connectivity index (χ3n) is 5.42. The van der Waals surface area contributed by atoms with Crippen molar-refractivity contribution < 1.29 is 4.74 Å². The van der Waals surface area contributed by atoms with Gasteiger partial charge in [0.15, 0.2) is 5.11 Å². The van der Waals surface area contributed by atoms with Crippen molar-refractivity contribution in [2.45, 2.75) is 38.6 Å². The lowest BCUT2D eigenvalue weighted by Crippen LogP contribution is -2.54. The summed E-state index contributed by atoms with van der Waals surface area (Å²) >= 11 is 5.68. The number of thiocarbonyl (C=S) groups is 1. The molecule has 132 valence electrons. The van der Waals surface area contributed by atoms with E-state index in [1.807, 2.05) is 12.1 Å². The molecule has 1 aromatic carbocycles. The van der Waals surface area contributed by atoms with Crippen LogP contribution in [-0.4, -0.2) is 49.3 Å². The molecule has 1 aliphatic heterocycles. The van der Waals surface area contributed by atoms with Gasteiger partial charge in [0.2, 0.25) is 0 Å². The van der Waals surface area contributed by atoms with E-state index in [1.54, 1.807) is 7.11 Å². The molecule has 2 fully saturated rings. The summed E-state index contributed by atoms with van der Waals surface area (Å²) in [5, 5.41) is 4.58. The molecule has 5 heteroatoms. The first-order chi connectivity index (χ1) is 11.7. The summed E-state index contributed by atoms with van der Waals surface area (Å²) in [5.41, 5.74) is 1.26. The van der Waals surface area contributed by atoms with E-state index in [0.29, 0.717) is 6.04 Å². The zero-order valence-electron chi connectivity index (χ0n) is 14.8. The van der Waals surface area contributed by atoms with Crippen LogP contribution in [-0.2, 0) is 0 Å². The summed E-state index contributed by atoms with van der Waals surface area (Å²) in [6.45, 7) is 6.34. The largest absolute Gasteiger partial charge is 0.497 e. The number of ether oxygens (including phenoxy) is 1. The quantitative estimate of drug-likeness (QED) is 0.847. The van der Waals surface area contributed by atoms with Gasteiger partial charge in [0, 0.05) is 37.9 Å². The topological polar surface area (TPSA) is 27.7 Å². The lowest BCUT2D eigenvalue weighted by atomic mass is 9.86. The van der Waals surface area contributed by atoms with Crippen LogP contribution in [0, 0.1) is 5.92 Å². The number of hydrogen-bond donors (Lipinski definition) is 1. The third kappa shape index (κ3) is 4.12. The molecular formula is C19H29N3OS. The number of nitrogens with one attached hydrogen (secondary N) is 1. The highest BCUT2D eigenvalue weighted by Gasteiger charge is 2.25. The van der Waals surface area contributed by atoms with Crippen LogP contribution in [0.25, 0.3) is 0 Å². The summed E-state index contributed by atoms with van der Waals surface area (Å²) in [5.74, 6) is 1.64. The molecular weight excluding hydrogens is 318 g/mol. The molecule has 0 aromatic heterocycles. The Balaban J connectivity index is 1.49. The molecule has 0 bridgehead atoms. The van der Waals surface area contributed by atoms with Crippen molar-refractivity contribution in [2.75, 3.05) is 38.2 Å². The molecule has 2 aliphatic rings. The highest BCUT2D eigenvalue weighted by Crippen LogP contribution is 2.24. The maximum atomic E-state index is 5.68. The first-order valence-corrected chi connectivity index (χ1v) is 9.52. The minimum atomic E-state index is 0.561. The first-order valence-electron chi connectivity index (χ1n) is 9.12. The maximum absolute atomic E-state index is 5.68. The lowest BCUT2D eigenvalue weighted by molar-refractivity contribution is 0.293. The summed E-state index contributed by atoms with van der Waals surface area (Å²) in [6.07, 6.45) is 5.28. The molecule has 0 unspecified atom stereocenters. The average Bonchev–Trinajstić information content (AvgIpc) is 2.64. The Kier molecular flexibility index (Phi) is 5.82. The number of methoxy groups -OCH3 is 1. The number of anilines is 1. The summed E-state index contributed by atoms with van der Waals surface area (Å²) < 4.78 is 5.23. The van der Waals surface area contributed by atoms with Crippen LogP contribution in [0.5, 0.6) is 5.75 Å². The fraction of sp³-hybridized carbons (Fsp3) is 0.632. The molecule has 0 spiro atoms. The Morgan fingerprint density at radius 3 is 2.38 bits per heavy atom. The number of benzene rings is 1. The molecule has 1 N–H and O–H groups in total. The average molecular weight is 348 g/mol. The normalized spacial score (nSPS) is 24.6. The van der Waals surface area contributed by atoms with E-state index >= 15 is 0 Å². The molecule has 0 radical (unpaired) electrons. The summed E-state index contributed by atoms with van der Waals surface area (Å²) in [6, 6.07) is 8.88. The number of piperazine rings is 1. The third-order valence-corrected chi connectivity index (χ3v) is 5.80.